The van der Waals surface area contributed by atoms with Crippen LogP contribution in [-0.4, -0.2) is 30.1 Å². The molecule has 2 N–H and O–H groups in total. The number of Topliss-reactive ketones (excluding diaryl/α,β-unsaturated/α-hetero) is 1. The van der Waals surface area contributed by atoms with Gasteiger partial charge in [-0.15, -0.1) is 0 Å². The highest BCUT2D eigenvalue weighted by Crippen LogP contribution is 2.25. The zero-order valence-electron chi connectivity index (χ0n) is 10.8. The fraction of sp³-hybridized carbons (Fsp3) is 0.533. The molecule has 0 radical (unpaired) electrons. The fourth-order valence-corrected chi connectivity index (χ4v) is 2.82. The van der Waals surface area contributed by atoms with Crippen LogP contribution >= 0.6 is 0 Å². The molecule has 1 saturated carbocycles. The molecule has 3 atom stereocenters. The summed E-state index contributed by atoms with van der Waals surface area (Å²) in [4.78, 5) is 12.0. The predicted octanol–water partition coefficient (Wildman–Crippen LogP) is 1.55. The molecular weight excluding hydrogens is 226 g/mol. The van der Waals surface area contributed by atoms with Crippen molar-refractivity contribution >= 4 is 5.78 Å². The number of benzene rings is 1. The van der Waals surface area contributed by atoms with Gasteiger partial charge in [0.1, 0.15) is 5.78 Å². The quantitative estimate of drug-likeness (QED) is 0.848. The highest BCUT2D eigenvalue weighted by atomic mass is 16.3. The van der Waals surface area contributed by atoms with Crippen molar-refractivity contribution in [3.63, 3.8) is 0 Å². The van der Waals surface area contributed by atoms with Crippen LogP contribution in [0.4, 0.5) is 0 Å². The van der Waals surface area contributed by atoms with Gasteiger partial charge in [-0.3, -0.25) is 4.79 Å². The third kappa shape index (κ3) is 2.98. The van der Waals surface area contributed by atoms with E-state index in [1.165, 1.54) is 5.56 Å². The number of aliphatic hydroxyl groups is 1. The third-order valence-corrected chi connectivity index (χ3v) is 3.81. The van der Waals surface area contributed by atoms with Gasteiger partial charge in [0, 0.05) is 12.5 Å². The molecule has 98 valence electrons. The lowest BCUT2D eigenvalue weighted by Crippen LogP contribution is -2.47. The molecule has 3 heteroatoms. The Balaban J connectivity index is 2.10. The Hall–Kier alpha value is -1.19. The molecule has 0 aromatic heterocycles. The monoisotopic (exact) mass is 247 g/mol. The molecule has 0 heterocycles. The summed E-state index contributed by atoms with van der Waals surface area (Å²) in [5.41, 5.74) is 1.20. The number of carbonyl (C=O) groups is 1. The standard InChI is InChI=1S/C15H21NO2/c1-16-12(10-11-6-3-2-4-7-11)15-13(17)8-5-9-14(15)18/h2-4,6-7,12-13,15-17H,5,8-10H2,1H3. The molecule has 1 aliphatic rings. The minimum Gasteiger partial charge on any atom is -0.392 e. The van der Waals surface area contributed by atoms with Crippen molar-refractivity contribution in [1.82, 2.24) is 5.32 Å². The summed E-state index contributed by atoms with van der Waals surface area (Å²) >= 11 is 0. The van der Waals surface area contributed by atoms with Crippen molar-refractivity contribution in [3.8, 4) is 0 Å². The van der Waals surface area contributed by atoms with Crippen LogP contribution < -0.4 is 5.32 Å². The van der Waals surface area contributed by atoms with Gasteiger partial charge < -0.3 is 10.4 Å². The molecule has 0 amide bonds. The minimum atomic E-state index is -0.493. The Morgan fingerprint density at radius 3 is 2.72 bits per heavy atom. The van der Waals surface area contributed by atoms with Gasteiger partial charge in [-0.05, 0) is 31.9 Å². The summed E-state index contributed by atoms with van der Waals surface area (Å²) in [5.74, 6) is -0.0620. The van der Waals surface area contributed by atoms with Gasteiger partial charge in [-0.25, -0.2) is 0 Å². The van der Waals surface area contributed by atoms with Crippen molar-refractivity contribution in [2.24, 2.45) is 5.92 Å². The van der Waals surface area contributed by atoms with Gasteiger partial charge >= 0.3 is 0 Å². The van der Waals surface area contributed by atoms with E-state index in [1.807, 2.05) is 25.2 Å². The first-order chi connectivity index (χ1) is 8.72. The Morgan fingerprint density at radius 2 is 2.11 bits per heavy atom. The topological polar surface area (TPSA) is 49.3 Å². The predicted molar refractivity (Wildman–Crippen MR) is 71.3 cm³/mol. The number of hydrogen-bond acceptors (Lipinski definition) is 3. The van der Waals surface area contributed by atoms with Crippen LogP contribution in [-0.2, 0) is 11.2 Å². The molecule has 0 saturated heterocycles. The molecule has 0 bridgehead atoms. The van der Waals surface area contributed by atoms with E-state index >= 15 is 0 Å². The number of likely N-dealkylation sites (N-methyl/N-ethyl adjacent to an activating group) is 1. The normalized spacial score (nSPS) is 26.0. The fourth-order valence-electron chi connectivity index (χ4n) is 2.82. The van der Waals surface area contributed by atoms with E-state index in [4.69, 9.17) is 0 Å². The highest BCUT2D eigenvalue weighted by molar-refractivity contribution is 5.83. The molecule has 18 heavy (non-hydrogen) atoms. The van der Waals surface area contributed by atoms with E-state index in [9.17, 15) is 9.90 Å². The van der Waals surface area contributed by atoms with Crippen LogP contribution in [0.2, 0.25) is 0 Å². The van der Waals surface area contributed by atoms with Crippen molar-refractivity contribution in [2.75, 3.05) is 7.05 Å². The van der Waals surface area contributed by atoms with Gasteiger partial charge in [-0.1, -0.05) is 30.3 Å². The molecule has 3 unspecified atom stereocenters. The minimum absolute atomic E-state index is 0.0233. The Kier molecular flexibility index (Phi) is 4.50. The van der Waals surface area contributed by atoms with E-state index in [2.05, 4.69) is 17.4 Å². The third-order valence-electron chi connectivity index (χ3n) is 3.81. The maximum Gasteiger partial charge on any atom is 0.140 e. The lowest BCUT2D eigenvalue weighted by atomic mass is 9.78. The van der Waals surface area contributed by atoms with Crippen molar-refractivity contribution in [1.29, 1.82) is 0 Å². The molecule has 1 aromatic carbocycles. The zero-order valence-corrected chi connectivity index (χ0v) is 10.8. The molecule has 0 spiro atoms. The molecule has 1 fully saturated rings. The summed E-state index contributed by atoms with van der Waals surface area (Å²) < 4.78 is 0. The van der Waals surface area contributed by atoms with Crippen molar-refractivity contribution < 1.29 is 9.90 Å². The lowest BCUT2D eigenvalue weighted by Gasteiger charge is -2.33. The molecule has 1 aliphatic carbocycles. The number of rotatable bonds is 4. The maximum atomic E-state index is 12.0. The van der Waals surface area contributed by atoms with E-state index in [0.717, 1.165) is 19.3 Å². The Morgan fingerprint density at radius 1 is 1.39 bits per heavy atom. The van der Waals surface area contributed by atoms with Gasteiger partial charge in [-0.2, -0.15) is 0 Å². The number of aliphatic hydroxyl groups excluding tert-OH is 1. The molecule has 0 aliphatic heterocycles. The van der Waals surface area contributed by atoms with Crippen LogP contribution in [0.5, 0.6) is 0 Å². The van der Waals surface area contributed by atoms with Crippen molar-refractivity contribution in [2.45, 2.75) is 37.8 Å². The number of ketones is 1. The lowest BCUT2D eigenvalue weighted by molar-refractivity contribution is -0.130. The second-order valence-electron chi connectivity index (χ2n) is 5.04. The van der Waals surface area contributed by atoms with E-state index in [-0.39, 0.29) is 17.7 Å². The summed E-state index contributed by atoms with van der Waals surface area (Å²) in [7, 11) is 1.86. The van der Waals surface area contributed by atoms with Gasteiger partial charge in [0.15, 0.2) is 0 Å². The molecular formula is C15H21NO2. The number of hydrogen-bond donors (Lipinski definition) is 2. The van der Waals surface area contributed by atoms with Crippen LogP contribution in [0.15, 0.2) is 30.3 Å². The van der Waals surface area contributed by atoms with Crippen molar-refractivity contribution in [3.05, 3.63) is 35.9 Å². The van der Waals surface area contributed by atoms with Crippen LogP contribution in [0, 0.1) is 5.92 Å². The second-order valence-corrected chi connectivity index (χ2v) is 5.04. The van der Waals surface area contributed by atoms with Gasteiger partial charge in [0.05, 0.1) is 12.0 Å². The Labute approximate surface area is 108 Å². The summed E-state index contributed by atoms with van der Waals surface area (Å²) in [5, 5.41) is 13.3. The maximum absolute atomic E-state index is 12.0. The van der Waals surface area contributed by atoms with Crippen LogP contribution in [0.1, 0.15) is 24.8 Å². The van der Waals surface area contributed by atoms with Crippen LogP contribution in [0.25, 0.3) is 0 Å². The first-order valence-corrected chi connectivity index (χ1v) is 6.64. The summed E-state index contributed by atoms with van der Waals surface area (Å²) in [6.45, 7) is 0. The second kappa shape index (κ2) is 6.12. The average molecular weight is 247 g/mol. The SMILES string of the molecule is CNC(Cc1ccccc1)C1C(=O)CCCC1O. The smallest absolute Gasteiger partial charge is 0.140 e. The first-order valence-electron chi connectivity index (χ1n) is 6.64. The van der Waals surface area contributed by atoms with E-state index in [0.29, 0.717) is 6.42 Å². The highest BCUT2D eigenvalue weighted by Gasteiger charge is 2.35. The number of nitrogens with one attached hydrogen (secondary N) is 1. The van der Waals surface area contributed by atoms with Gasteiger partial charge in [0.25, 0.3) is 0 Å². The zero-order chi connectivity index (χ0) is 13.0. The average Bonchev–Trinajstić information content (AvgIpc) is 2.38. The van der Waals surface area contributed by atoms with E-state index in [1.54, 1.807) is 0 Å². The van der Waals surface area contributed by atoms with E-state index < -0.39 is 6.10 Å². The van der Waals surface area contributed by atoms with Gasteiger partial charge in [0.2, 0.25) is 0 Å². The molecule has 2 rings (SSSR count). The Bertz CT molecular complexity index is 391. The summed E-state index contributed by atoms with van der Waals surface area (Å²) in [6, 6.07) is 10.1. The molecule has 1 aromatic rings. The summed E-state index contributed by atoms with van der Waals surface area (Å²) in [6.07, 6.45) is 2.45. The number of carbonyl (C=O) groups excluding carboxylic acids is 1. The first kappa shape index (κ1) is 13.2. The van der Waals surface area contributed by atoms with Crippen LogP contribution in [0.3, 0.4) is 0 Å². The molecule has 3 nitrogen and oxygen atoms in total. The largest absolute Gasteiger partial charge is 0.392 e.